The summed E-state index contributed by atoms with van der Waals surface area (Å²) in [5, 5.41) is 3.17. The van der Waals surface area contributed by atoms with Gasteiger partial charge in [-0.25, -0.2) is 0 Å². The van der Waals surface area contributed by atoms with E-state index in [0.717, 1.165) is 19.6 Å². The molecule has 0 atom stereocenters. The molecule has 17 heavy (non-hydrogen) atoms. The molecule has 0 amide bonds. The van der Waals surface area contributed by atoms with Crippen LogP contribution in [0.2, 0.25) is 0 Å². The molecule has 2 nitrogen and oxygen atoms in total. The molecule has 0 fully saturated rings. The summed E-state index contributed by atoms with van der Waals surface area (Å²) < 4.78 is 6.08. The van der Waals surface area contributed by atoms with Crippen molar-refractivity contribution in [2.75, 3.05) is 26.0 Å². The van der Waals surface area contributed by atoms with Crippen molar-refractivity contribution in [2.24, 2.45) is 0 Å². The molecule has 0 aliphatic carbocycles. The summed E-state index contributed by atoms with van der Waals surface area (Å²) in [6, 6.07) is 0. The monoisotopic (exact) mass is 279 g/mol. The van der Waals surface area contributed by atoms with Crippen molar-refractivity contribution >= 4 is 21.6 Å². The third kappa shape index (κ3) is 12.9. The van der Waals surface area contributed by atoms with Gasteiger partial charge >= 0.3 is 0 Å². The van der Waals surface area contributed by atoms with Gasteiger partial charge in [-0.15, -0.1) is 0 Å². The van der Waals surface area contributed by atoms with Gasteiger partial charge < -0.3 is 10.1 Å². The summed E-state index contributed by atoms with van der Waals surface area (Å²) in [7, 11) is 5.97. The summed E-state index contributed by atoms with van der Waals surface area (Å²) in [4.78, 5) is 0. The zero-order valence-corrected chi connectivity index (χ0v) is 13.9. The van der Waals surface area contributed by atoms with Crippen LogP contribution in [0.15, 0.2) is 0 Å². The van der Waals surface area contributed by atoms with E-state index in [0.29, 0.717) is 4.75 Å². The highest BCUT2D eigenvalue weighted by Gasteiger charge is 2.20. The first-order valence-corrected chi connectivity index (χ1v) is 8.68. The van der Waals surface area contributed by atoms with Gasteiger partial charge in [-0.05, 0) is 61.1 Å². The Balaban J connectivity index is 3.58. The summed E-state index contributed by atoms with van der Waals surface area (Å²) in [6.45, 7) is 12.9. The van der Waals surface area contributed by atoms with E-state index in [1.54, 1.807) is 0 Å². The molecule has 0 aliphatic heterocycles. The van der Waals surface area contributed by atoms with Crippen molar-refractivity contribution < 1.29 is 4.74 Å². The number of rotatable bonds is 9. The van der Waals surface area contributed by atoms with E-state index < -0.39 is 0 Å². The molecule has 0 bridgehead atoms. The Morgan fingerprint density at radius 2 is 1.76 bits per heavy atom. The first-order valence-electron chi connectivity index (χ1n) is 6.36. The highest BCUT2D eigenvalue weighted by atomic mass is 33.1. The Kier molecular flexibility index (Phi) is 8.99. The van der Waals surface area contributed by atoms with Crippen LogP contribution in [0.25, 0.3) is 0 Å². The molecule has 0 aromatic carbocycles. The highest BCUT2D eigenvalue weighted by Crippen LogP contribution is 2.38. The topological polar surface area (TPSA) is 21.3 Å². The molecule has 0 saturated heterocycles. The van der Waals surface area contributed by atoms with Crippen molar-refractivity contribution in [1.82, 2.24) is 5.32 Å². The number of nitrogens with one attached hydrogen (secondary N) is 1. The van der Waals surface area contributed by atoms with Crippen LogP contribution in [0.5, 0.6) is 0 Å². The van der Waals surface area contributed by atoms with Crippen molar-refractivity contribution in [1.29, 1.82) is 0 Å². The molecule has 0 aromatic rings. The van der Waals surface area contributed by atoms with Crippen LogP contribution in [0.4, 0.5) is 0 Å². The van der Waals surface area contributed by atoms with Crippen LogP contribution in [0.3, 0.4) is 0 Å². The number of hydrogen-bond acceptors (Lipinski definition) is 4. The van der Waals surface area contributed by atoms with Gasteiger partial charge in [0.05, 0.1) is 5.60 Å². The predicted octanol–water partition coefficient (Wildman–Crippen LogP) is 3.96. The van der Waals surface area contributed by atoms with Crippen molar-refractivity contribution in [3.8, 4) is 0 Å². The van der Waals surface area contributed by atoms with Crippen LogP contribution in [-0.2, 0) is 4.74 Å². The van der Waals surface area contributed by atoms with Crippen LogP contribution < -0.4 is 5.32 Å². The van der Waals surface area contributed by atoms with Crippen LogP contribution >= 0.6 is 21.6 Å². The SMILES string of the molecule is CNCCCSSC(C)(C)CCOC(C)(C)C. The zero-order chi connectivity index (χ0) is 13.4. The minimum absolute atomic E-state index is 0.0132. The second kappa shape index (κ2) is 8.68. The molecular weight excluding hydrogens is 250 g/mol. The first kappa shape index (κ1) is 17.6. The minimum Gasteiger partial charge on any atom is -0.376 e. The summed E-state index contributed by atoms with van der Waals surface area (Å²) in [5.41, 5.74) is -0.0132. The Morgan fingerprint density at radius 3 is 2.29 bits per heavy atom. The van der Waals surface area contributed by atoms with Gasteiger partial charge in [0, 0.05) is 17.1 Å². The van der Waals surface area contributed by atoms with Crippen LogP contribution in [-0.4, -0.2) is 36.3 Å². The van der Waals surface area contributed by atoms with Crippen LogP contribution in [0.1, 0.15) is 47.5 Å². The molecule has 0 unspecified atom stereocenters. The lowest BCUT2D eigenvalue weighted by molar-refractivity contribution is -0.00618. The van der Waals surface area contributed by atoms with Gasteiger partial charge in [0.2, 0.25) is 0 Å². The first-order chi connectivity index (χ1) is 7.77. The lowest BCUT2D eigenvalue weighted by Crippen LogP contribution is -2.24. The maximum absolute atomic E-state index is 5.78. The van der Waals surface area contributed by atoms with Crippen molar-refractivity contribution in [3.05, 3.63) is 0 Å². The molecule has 0 rings (SSSR count). The minimum atomic E-state index is -0.0132. The smallest absolute Gasteiger partial charge is 0.0598 e. The van der Waals surface area contributed by atoms with Crippen LogP contribution in [0, 0.1) is 0 Å². The van der Waals surface area contributed by atoms with E-state index in [-0.39, 0.29) is 5.60 Å². The molecule has 0 heterocycles. The molecule has 1 N–H and O–H groups in total. The quantitative estimate of drug-likeness (QED) is 0.509. The lowest BCUT2D eigenvalue weighted by Gasteiger charge is -2.26. The number of hydrogen-bond donors (Lipinski definition) is 1. The summed E-state index contributed by atoms with van der Waals surface area (Å²) >= 11 is 0. The maximum Gasteiger partial charge on any atom is 0.0598 e. The molecule has 0 spiro atoms. The second-order valence-corrected chi connectivity index (χ2v) is 8.96. The van der Waals surface area contributed by atoms with E-state index in [1.165, 1.54) is 12.2 Å². The molecule has 0 aromatic heterocycles. The van der Waals surface area contributed by atoms with Gasteiger partial charge in [0.25, 0.3) is 0 Å². The molecule has 4 heteroatoms. The van der Waals surface area contributed by atoms with Crippen molar-refractivity contribution in [2.45, 2.75) is 57.8 Å². The largest absolute Gasteiger partial charge is 0.376 e. The Labute approximate surface area is 115 Å². The van der Waals surface area contributed by atoms with E-state index in [9.17, 15) is 0 Å². The average molecular weight is 280 g/mol. The molecule has 0 aliphatic rings. The lowest BCUT2D eigenvalue weighted by atomic mass is 10.1. The predicted molar refractivity (Wildman–Crippen MR) is 83.0 cm³/mol. The average Bonchev–Trinajstić information content (AvgIpc) is 2.14. The highest BCUT2D eigenvalue weighted by molar-refractivity contribution is 8.77. The Hall–Kier alpha value is 0.620. The van der Waals surface area contributed by atoms with Gasteiger partial charge in [0.1, 0.15) is 0 Å². The zero-order valence-electron chi connectivity index (χ0n) is 12.3. The third-order valence-corrected chi connectivity index (χ3v) is 5.61. The van der Waals surface area contributed by atoms with E-state index in [2.05, 4.69) is 39.9 Å². The normalized spacial score (nSPS) is 13.1. The third-order valence-electron chi connectivity index (χ3n) is 2.18. The molecule has 0 radical (unpaired) electrons. The maximum atomic E-state index is 5.78. The fraction of sp³-hybridized carbons (Fsp3) is 1.00. The van der Waals surface area contributed by atoms with E-state index in [4.69, 9.17) is 4.74 Å². The van der Waals surface area contributed by atoms with E-state index in [1.807, 2.05) is 28.6 Å². The summed E-state index contributed by atoms with van der Waals surface area (Å²) in [6.07, 6.45) is 2.34. The summed E-state index contributed by atoms with van der Waals surface area (Å²) in [5.74, 6) is 1.22. The van der Waals surface area contributed by atoms with Gasteiger partial charge in [-0.1, -0.05) is 21.6 Å². The Bertz CT molecular complexity index is 190. The number of ether oxygens (including phenoxy) is 1. The van der Waals surface area contributed by atoms with Gasteiger partial charge in [-0.2, -0.15) is 0 Å². The van der Waals surface area contributed by atoms with Gasteiger partial charge in [0.15, 0.2) is 0 Å². The van der Waals surface area contributed by atoms with E-state index >= 15 is 0 Å². The van der Waals surface area contributed by atoms with Crippen molar-refractivity contribution in [3.63, 3.8) is 0 Å². The second-order valence-electron chi connectivity index (χ2n) is 5.83. The van der Waals surface area contributed by atoms with Gasteiger partial charge in [-0.3, -0.25) is 0 Å². The fourth-order valence-electron chi connectivity index (χ4n) is 1.15. The molecule has 104 valence electrons. The molecular formula is C13H29NOS2. The standard InChI is InChI=1S/C13H29NOS2/c1-12(2,3)15-10-8-13(4,5)17-16-11-7-9-14-6/h14H,7-11H2,1-6H3. The fourth-order valence-corrected chi connectivity index (χ4v) is 3.80. The Morgan fingerprint density at radius 1 is 1.12 bits per heavy atom. The molecule has 0 saturated carbocycles.